The van der Waals surface area contributed by atoms with Gasteiger partial charge in [-0.25, -0.2) is 9.97 Å². The van der Waals surface area contributed by atoms with Gasteiger partial charge in [0.05, 0.1) is 5.60 Å². The molecule has 1 fully saturated rings. The Morgan fingerprint density at radius 1 is 1.35 bits per heavy atom. The minimum Gasteiger partial charge on any atom is -0.393 e. The average molecular weight is 257 g/mol. The number of nitrogens with zero attached hydrogens (tertiary/aromatic N) is 2. The molecule has 1 heterocycles. The molecule has 1 aliphatic rings. The number of hydrogen-bond donors (Lipinski definition) is 3. The summed E-state index contributed by atoms with van der Waals surface area (Å²) in [6, 6.07) is 0. The topological polar surface area (TPSA) is 84.1 Å². The lowest BCUT2D eigenvalue weighted by Crippen LogP contribution is -2.39. The second-order valence-electron chi connectivity index (χ2n) is 4.57. The lowest BCUT2D eigenvalue weighted by Gasteiger charge is -2.32. The first-order valence-electron chi connectivity index (χ1n) is 5.83. The van der Waals surface area contributed by atoms with Crippen molar-refractivity contribution < 1.29 is 5.11 Å². The van der Waals surface area contributed by atoms with Crippen LogP contribution in [0, 0.1) is 0 Å². The molecule has 17 heavy (non-hydrogen) atoms. The van der Waals surface area contributed by atoms with Crippen molar-refractivity contribution in [3.05, 3.63) is 11.5 Å². The van der Waals surface area contributed by atoms with E-state index < -0.39 is 5.60 Å². The van der Waals surface area contributed by atoms with Crippen LogP contribution >= 0.6 is 11.6 Å². The van der Waals surface area contributed by atoms with E-state index in [0.717, 1.165) is 25.7 Å². The summed E-state index contributed by atoms with van der Waals surface area (Å²) in [5.74, 6) is 0.490. The van der Waals surface area contributed by atoms with Crippen LogP contribution in [-0.4, -0.2) is 27.2 Å². The highest BCUT2D eigenvalue weighted by Crippen LogP contribution is 2.29. The Morgan fingerprint density at radius 3 is 2.76 bits per heavy atom. The van der Waals surface area contributed by atoms with E-state index in [4.69, 9.17) is 17.3 Å². The molecule has 1 aromatic heterocycles. The fraction of sp³-hybridized carbons (Fsp3) is 0.636. The van der Waals surface area contributed by atoms with Crippen LogP contribution in [0.4, 0.5) is 11.5 Å². The molecule has 0 aromatic carbocycles. The van der Waals surface area contributed by atoms with Gasteiger partial charge in [-0.1, -0.05) is 30.9 Å². The summed E-state index contributed by atoms with van der Waals surface area (Å²) in [4.78, 5) is 7.79. The van der Waals surface area contributed by atoms with Crippen molar-refractivity contribution in [3.8, 4) is 0 Å². The van der Waals surface area contributed by atoms with E-state index in [0.29, 0.717) is 18.1 Å². The molecule has 0 spiro atoms. The zero-order chi connectivity index (χ0) is 12.3. The number of anilines is 2. The molecule has 0 aliphatic heterocycles. The Labute approximate surface area is 105 Å². The molecule has 6 heteroatoms. The second-order valence-corrected chi connectivity index (χ2v) is 4.92. The van der Waals surface area contributed by atoms with Crippen LogP contribution in [0.1, 0.15) is 32.1 Å². The van der Waals surface area contributed by atoms with Crippen LogP contribution < -0.4 is 11.1 Å². The van der Waals surface area contributed by atoms with Gasteiger partial charge >= 0.3 is 0 Å². The summed E-state index contributed by atoms with van der Waals surface area (Å²) in [7, 11) is 0. The Hall–Kier alpha value is -1.07. The monoisotopic (exact) mass is 256 g/mol. The van der Waals surface area contributed by atoms with E-state index in [1.54, 1.807) is 0 Å². The number of nitrogens with one attached hydrogen (secondary N) is 1. The molecular formula is C11H17ClN4O. The van der Waals surface area contributed by atoms with E-state index >= 15 is 0 Å². The van der Waals surface area contributed by atoms with E-state index in [1.807, 2.05) is 0 Å². The smallest absolute Gasteiger partial charge is 0.157 e. The number of nitrogen functional groups attached to an aromatic ring is 1. The maximum absolute atomic E-state index is 10.3. The van der Waals surface area contributed by atoms with Gasteiger partial charge in [-0.2, -0.15) is 0 Å². The molecule has 1 saturated carbocycles. The summed E-state index contributed by atoms with van der Waals surface area (Å²) >= 11 is 5.79. The van der Waals surface area contributed by atoms with E-state index in [-0.39, 0.29) is 5.15 Å². The highest BCUT2D eigenvalue weighted by atomic mass is 35.5. The fourth-order valence-electron chi connectivity index (χ4n) is 2.15. The van der Waals surface area contributed by atoms with E-state index in [1.165, 1.54) is 12.7 Å². The van der Waals surface area contributed by atoms with Crippen molar-refractivity contribution >= 4 is 23.1 Å². The van der Waals surface area contributed by atoms with Gasteiger partial charge in [0.15, 0.2) is 11.0 Å². The first kappa shape index (κ1) is 12.4. The Kier molecular flexibility index (Phi) is 3.69. The number of aromatic nitrogens is 2. The Morgan fingerprint density at radius 2 is 2.06 bits per heavy atom. The largest absolute Gasteiger partial charge is 0.393 e. The first-order chi connectivity index (χ1) is 8.11. The van der Waals surface area contributed by atoms with Crippen molar-refractivity contribution in [2.75, 3.05) is 17.6 Å². The lowest BCUT2D eigenvalue weighted by atomic mass is 9.85. The van der Waals surface area contributed by atoms with Gasteiger partial charge in [-0.05, 0) is 12.8 Å². The third-order valence-corrected chi connectivity index (χ3v) is 3.51. The molecule has 1 aromatic rings. The minimum absolute atomic E-state index is 0.234. The van der Waals surface area contributed by atoms with Gasteiger partial charge in [0.25, 0.3) is 0 Å². The predicted octanol–water partition coefficient (Wildman–Crippen LogP) is 1.82. The standard InChI is InChI=1S/C11H17ClN4O/c12-9-8(13)10(16-7-15-9)14-6-11(17)4-2-1-3-5-11/h7,17H,1-6,13H2,(H,14,15,16). The van der Waals surface area contributed by atoms with Crippen LogP contribution in [0.3, 0.4) is 0 Å². The number of nitrogens with two attached hydrogens (primary N) is 1. The molecule has 2 rings (SSSR count). The molecule has 94 valence electrons. The summed E-state index contributed by atoms with van der Waals surface area (Å²) < 4.78 is 0. The quantitative estimate of drug-likeness (QED) is 0.719. The van der Waals surface area contributed by atoms with Gasteiger partial charge in [-0.15, -0.1) is 0 Å². The number of rotatable bonds is 3. The number of aliphatic hydroxyl groups is 1. The zero-order valence-electron chi connectivity index (χ0n) is 9.62. The van der Waals surface area contributed by atoms with Crippen LogP contribution in [0.5, 0.6) is 0 Å². The molecule has 0 radical (unpaired) electrons. The van der Waals surface area contributed by atoms with E-state index in [9.17, 15) is 5.11 Å². The molecule has 0 unspecified atom stereocenters. The molecule has 0 bridgehead atoms. The predicted molar refractivity (Wildman–Crippen MR) is 68.0 cm³/mol. The van der Waals surface area contributed by atoms with Crippen molar-refractivity contribution in [1.29, 1.82) is 0 Å². The summed E-state index contributed by atoms with van der Waals surface area (Å²) in [5, 5.41) is 13.6. The van der Waals surface area contributed by atoms with E-state index in [2.05, 4.69) is 15.3 Å². The Balaban J connectivity index is 1.99. The van der Waals surface area contributed by atoms with Gasteiger partial charge < -0.3 is 16.2 Å². The molecular weight excluding hydrogens is 240 g/mol. The fourth-order valence-corrected chi connectivity index (χ4v) is 2.28. The van der Waals surface area contributed by atoms with Crippen molar-refractivity contribution in [3.63, 3.8) is 0 Å². The maximum atomic E-state index is 10.3. The van der Waals surface area contributed by atoms with Gasteiger partial charge in [0.1, 0.15) is 12.0 Å². The average Bonchev–Trinajstić information content (AvgIpc) is 2.32. The highest BCUT2D eigenvalue weighted by Gasteiger charge is 2.29. The zero-order valence-corrected chi connectivity index (χ0v) is 10.4. The SMILES string of the molecule is Nc1c(Cl)ncnc1NCC1(O)CCCCC1. The molecule has 1 aliphatic carbocycles. The van der Waals surface area contributed by atoms with Crippen LogP contribution in [0.15, 0.2) is 6.33 Å². The normalized spacial score (nSPS) is 18.9. The number of halogens is 1. The second kappa shape index (κ2) is 5.06. The molecule has 0 atom stereocenters. The summed E-state index contributed by atoms with van der Waals surface area (Å²) in [5.41, 5.74) is 5.42. The van der Waals surface area contributed by atoms with Crippen molar-refractivity contribution in [1.82, 2.24) is 9.97 Å². The molecule has 5 nitrogen and oxygen atoms in total. The van der Waals surface area contributed by atoms with Gasteiger partial charge in [0.2, 0.25) is 0 Å². The van der Waals surface area contributed by atoms with Crippen molar-refractivity contribution in [2.45, 2.75) is 37.7 Å². The van der Waals surface area contributed by atoms with Gasteiger partial charge in [0, 0.05) is 6.54 Å². The summed E-state index contributed by atoms with van der Waals surface area (Å²) in [6.45, 7) is 0.449. The van der Waals surface area contributed by atoms with Crippen molar-refractivity contribution in [2.24, 2.45) is 0 Å². The van der Waals surface area contributed by atoms with Gasteiger partial charge in [-0.3, -0.25) is 0 Å². The third kappa shape index (κ3) is 2.98. The first-order valence-corrected chi connectivity index (χ1v) is 6.21. The number of hydrogen-bond acceptors (Lipinski definition) is 5. The molecule has 0 saturated heterocycles. The molecule has 0 amide bonds. The minimum atomic E-state index is -0.651. The maximum Gasteiger partial charge on any atom is 0.157 e. The Bertz CT molecular complexity index is 393. The highest BCUT2D eigenvalue weighted by molar-refractivity contribution is 6.32. The van der Waals surface area contributed by atoms with Crippen LogP contribution in [0.25, 0.3) is 0 Å². The molecule has 4 N–H and O–H groups in total. The summed E-state index contributed by atoms with van der Waals surface area (Å²) in [6.07, 6.45) is 6.32. The lowest BCUT2D eigenvalue weighted by molar-refractivity contribution is 0.0167. The van der Waals surface area contributed by atoms with Crippen LogP contribution in [-0.2, 0) is 0 Å². The van der Waals surface area contributed by atoms with Crippen LogP contribution in [0.2, 0.25) is 5.15 Å². The third-order valence-electron chi connectivity index (χ3n) is 3.20.